The Kier molecular flexibility index (Phi) is 4.52. The van der Waals surface area contributed by atoms with Crippen molar-refractivity contribution in [1.82, 2.24) is 9.88 Å². The lowest BCUT2D eigenvalue weighted by Gasteiger charge is -2.19. The number of thiazole rings is 1. The molecule has 0 saturated carbocycles. The van der Waals surface area contributed by atoms with Crippen molar-refractivity contribution in [2.24, 2.45) is 0 Å². The van der Waals surface area contributed by atoms with E-state index in [9.17, 15) is 4.79 Å². The molecule has 2 rings (SSSR count). The van der Waals surface area contributed by atoms with Crippen molar-refractivity contribution < 1.29 is 4.79 Å². The normalized spacial score (nSPS) is 10.4. The first kappa shape index (κ1) is 13.5. The molecule has 1 amide bonds. The first-order chi connectivity index (χ1) is 9.20. The Morgan fingerprint density at radius 2 is 2.11 bits per heavy atom. The van der Waals surface area contributed by atoms with Gasteiger partial charge in [0.15, 0.2) is 5.13 Å². The lowest BCUT2D eigenvalue weighted by Crippen LogP contribution is -2.33. The van der Waals surface area contributed by atoms with E-state index in [1.54, 1.807) is 10.3 Å². The summed E-state index contributed by atoms with van der Waals surface area (Å²) in [5, 5.41) is 2.14. The lowest BCUT2D eigenvalue weighted by molar-refractivity contribution is 0.0761. The molecule has 0 fully saturated rings. The van der Waals surface area contributed by atoms with E-state index < -0.39 is 0 Å². The van der Waals surface area contributed by atoms with Crippen molar-refractivity contribution in [1.29, 1.82) is 0 Å². The largest absolute Gasteiger partial charge is 0.375 e. The maximum atomic E-state index is 12.2. The fourth-order valence-electron chi connectivity index (χ4n) is 1.86. The average Bonchev–Trinajstić information content (AvgIpc) is 2.87. The van der Waals surface area contributed by atoms with E-state index in [0.717, 1.165) is 6.42 Å². The van der Waals surface area contributed by atoms with Crippen molar-refractivity contribution in [3.63, 3.8) is 0 Å². The molecule has 2 aromatic rings. The van der Waals surface area contributed by atoms with Crippen molar-refractivity contribution in [3.05, 3.63) is 47.0 Å². The van der Waals surface area contributed by atoms with Crippen molar-refractivity contribution in [3.8, 4) is 0 Å². The van der Waals surface area contributed by atoms with E-state index in [4.69, 9.17) is 5.73 Å². The average molecular weight is 275 g/mol. The monoisotopic (exact) mass is 275 g/mol. The van der Waals surface area contributed by atoms with Gasteiger partial charge in [-0.2, -0.15) is 0 Å². The highest BCUT2D eigenvalue weighted by molar-refractivity contribution is 7.13. The Balaban J connectivity index is 1.98. The van der Waals surface area contributed by atoms with Crippen molar-refractivity contribution >= 4 is 22.4 Å². The molecule has 0 bridgehead atoms. The summed E-state index contributed by atoms with van der Waals surface area (Å²) >= 11 is 1.29. The Labute approximate surface area is 116 Å². The van der Waals surface area contributed by atoms with Gasteiger partial charge in [0, 0.05) is 18.5 Å². The molecule has 2 N–H and O–H groups in total. The second-order valence-corrected chi connectivity index (χ2v) is 5.08. The smallest absolute Gasteiger partial charge is 0.273 e. The topological polar surface area (TPSA) is 59.2 Å². The van der Waals surface area contributed by atoms with Crippen molar-refractivity contribution in [2.75, 3.05) is 18.8 Å². The number of benzene rings is 1. The number of hydrogen-bond donors (Lipinski definition) is 1. The Bertz CT molecular complexity index is 539. The molecule has 0 saturated heterocycles. The number of amides is 1. The first-order valence-corrected chi connectivity index (χ1v) is 7.13. The van der Waals surface area contributed by atoms with Gasteiger partial charge < -0.3 is 10.6 Å². The quantitative estimate of drug-likeness (QED) is 0.911. The summed E-state index contributed by atoms with van der Waals surface area (Å²) in [5.74, 6) is -0.0496. The number of likely N-dealkylation sites (N-methyl/N-ethyl adjacent to an activating group) is 1. The Morgan fingerprint density at radius 3 is 2.68 bits per heavy atom. The van der Waals surface area contributed by atoms with Crippen LogP contribution in [-0.2, 0) is 6.42 Å². The molecule has 0 unspecified atom stereocenters. The molecule has 4 nitrogen and oxygen atoms in total. The number of nitrogens with zero attached hydrogens (tertiary/aromatic N) is 2. The first-order valence-electron chi connectivity index (χ1n) is 6.25. The number of nitrogens with two attached hydrogens (primary N) is 1. The molecule has 5 heteroatoms. The molecule has 19 heavy (non-hydrogen) atoms. The number of aromatic nitrogens is 1. The van der Waals surface area contributed by atoms with E-state index in [1.165, 1.54) is 16.9 Å². The molecule has 1 aromatic heterocycles. The molecule has 0 spiro atoms. The zero-order chi connectivity index (χ0) is 13.7. The van der Waals surface area contributed by atoms with Gasteiger partial charge in [0.25, 0.3) is 5.91 Å². The van der Waals surface area contributed by atoms with Gasteiger partial charge in [0.1, 0.15) is 5.69 Å². The summed E-state index contributed by atoms with van der Waals surface area (Å²) in [7, 11) is 0. The number of carbonyl (C=O) groups excluding carboxylic acids is 1. The van der Waals surface area contributed by atoms with Crippen LogP contribution in [0.15, 0.2) is 35.7 Å². The second kappa shape index (κ2) is 6.33. The fraction of sp³-hybridized carbons (Fsp3) is 0.286. The van der Waals surface area contributed by atoms with E-state index in [-0.39, 0.29) is 5.91 Å². The Hall–Kier alpha value is -1.88. The minimum Gasteiger partial charge on any atom is -0.375 e. The van der Waals surface area contributed by atoms with Crippen LogP contribution in [0.5, 0.6) is 0 Å². The van der Waals surface area contributed by atoms with E-state index in [1.807, 2.05) is 25.1 Å². The molecule has 0 radical (unpaired) electrons. The highest BCUT2D eigenvalue weighted by Crippen LogP contribution is 2.13. The highest BCUT2D eigenvalue weighted by Gasteiger charge is 2.16. The van der Waals surface area contributed by atoms with Gasteiger partial charge in [-0.05, 0) is 18.9 Å². The summed E-state index contributed by atoms with van der Waals surface area (Å²) in [4.78, 5) is 18.1. The van der Waals surface area contributed by atoms with Crippen LogP contribution in [0, 0.1) is 0 Å². The fourth-order valence-corrected chi connectivity index (χ4v) is 2.40. The Morgan fingerprint density at radius 1 is 1.37 bits per heavy atom. The van der Waals surface area contributed by atoms with Gasteiger partial charge in [-0.25, -0.2) is 4.98 Å². The van der Waals surface area contributed by atoms with Crippen LogP contribution >= 0.6 is 11.3 Å². The number of rotatable bonds is 5. The van der Waals surface area contributed by atoms with Gasteiger partial charge in [-0.3, -0.25) is 4.79 Å². The zero-order valence-electron chi connectivity index (χ0n) is 10.9. The standard InChI is InChI=1S/C14H17N3OS/c1-2-17(9-8-11-6-4-3-5-7-11)13(18)12-10-19-14(15)16-12/h3-7,10H,2,8-9H2,1H3,(H2,15,16). The third-order valence-electron chi connectivity index (χ3n) is 2.92. The summed E-state index contributed by atoms with van der Waals surface area (Å²) in [6, 6.07) is 10.1. The third-order valence-corrected chi connectivity index (χ3v) is 3.60. The van der Waals surface area contributed by atoms with Crippen LogP contribution in [0.2, 0.25) is 0 Å². The van der Waals surface area contributed by atoms with Crippen LogP contribution < -0.4 is 5.73 Å². The predicted octanol–water partition coefficient (Wildman–Crippen LogP) is 2.43. The molecule has 0 aliphatic rings. The highest BCUT2D eigenvalue weighted by atomic mass is 32.1. The number of nitrogen functional groups attached to an aromatic ring is 1. The van der Waals surface area contributed by atoms with Crippen LogP contribution in [-0.4, -0.2) is 28.9 Å². The number of anilines is 1. The maximum absolute atomic E-state index is 12.2. The third kappa shape index (κ3) is 3.54. The zero-order valence-corrected chi connectivity index (χ0v) is 11.7. The summed E-state index contributed by atoms with van der Waals surface area (Å²) in [6.07, 6.45) is 0.847. The van der Waals surface area contributed by atoms with Gasteiger partial charge in [0.05, 0.1) is 0 Å². The molecule has 0 aliphatic carbocycles. The van der Waals surface area contributed by atoms with Gasteiger partial charge >= 0.3 is 0 Å². The predicted molar refractivity (Wildman–Crippen MR) is 78.2 cm³/mol. The van der Waals surface area contributed by atoms with Gasteiger partial charge in [-0.15, -0.1) is 11.3 Å². The SMILES string of the molecule is CCN(CCc1ccccc1)C(=O)c1csc(N)n1. The minimum atomic E-state index is -0.0496. The van der Waals surface area contributed by atoms with Crippen LogP contribution in [0.1, 0.15) is 23.0 Å². The van der Waals surface area contributed by atoms with E-state index >= 15 is 0 Å². The summed E-state index contributed by atoms with van der Waals surface area (Å²) in [6.45, 7) is 3.33. The van der Waals surface area contributed by atoms with E-state index in [0.29, 0.717) is 23.9 Å². The molecular formula is C14H17N3OS. The van der Waals surface area contributed by atoms with Crippen LogP contribution in [0.3, 0.4) is 0 Å². The summed E-state index contributed by atoms with van der Waals surface area (Å²) in [5.41, 5.74) is 7.23. The van der Waals surface area contributed by atoms with Crippen LogP contribution in [0.25, 0.3) is 0 Å². The minimum absolute atomic E-state index is 0.0496. The number of carbonyl (C=O) groups is 1. The summed E-state index contributed by atoms with van der Waals surface area (Å²) < 4.78 is 0. The molecule has 100 valence electrons. The van der Waals surface area contributed by atoms with E-state index in [2.05, 4.69) is 17.1 Å². The van der Waals surface area contributed by atoms with Crippen molar-refractivity contribution in [2.45, 2.75) is 13.3 Å². The maximum Gasteiger partial charge on any atom is 0.273 e. The number of hydrogen-bond acceptors (Lipinski definition) is 4. The van der Waals surface area contributed by atoms with Gasteiger partial charge in [-0.1, -0.05) is 30.3 Å². The molecule has 1 heterocycles. The molecule has 0 atom stereocenters. The second-order valence-electron chi connectivity index (χ2n) is 4.19. The van der Waals surface area contributed by atoms with Crippen LogP contribution in [0.4, 0.5) is 5.13 Å². The molecule has 0 aliphatic heterocycles. The molecule has 1 aromatic carbocycles. The lowest BCUT2D eigenvalue weighted by atomic mass is 10.1. The molecular weight excluding hydrogens is 258 g/mol. The van der Waals surface area contributed by atoms with Gasteiger partial charge in [0.2, 0.25) is 0 Å².